The number of hydrogen-bond acceptors (Lipinski definition) is 0. The van der Waals surface area contributed by atoms with E-state index in [1.165, 1.54) is 6.42 Å². The number of rotatable bonds is 0. The fourth-order valence-electron chi connectivity index (χ4n) is 5.04. The zero-order chi connectivity index (χ0) is 9.60. The first-order valence-corrected chi connectivity index (χ1v) is 6.81. The molecule has 14 heavy (non-hydrogen) atoms. The van der Waals surface area contributed by atoms with Gasteiger partial charge in [0.25, 0.3) is 0 Å². The Kier molecular flexibility index (Phi) is 2.18. The van der Waals surface area contributed by atoms with Crippen molar-refractivity contribution in [3.05, 3.63) is 0 Å². The molecule has 3 saturated carbocycles. The Morgan fingerprint density at radius 2 is 1.64 bits per heavy atom. The van der Waals surface area contributed by atoms with Crippen molar-refractivity contribution in [1.82, 2.24) is 0 Å². The average Bonchev–Trinajstić information content (AvgIpc) is 2.59. The fourth-order valence-corrected chi connectivity index (χ4v) is 5.04. The van der Waals surface area contributed by atoms with Crippen molar-refractivity contribution >= 4 is 7.85 Å². The van der Waals surface area contributed by atoms with Crippen molar-refractivity contribution in [3.8, 4) is 0 Å². The Balaban J connectivity index is 1.86. The van der Waals surface area contributed by atoms with E-state index in [0.29, 0.717) is 0 Å². The van der Waals surface area contributed by atoms with Crippen LogP contribution in [0.15, 0.2) is 0 Å². The van der Waals surface area contributed by atoms with Crippen LogP contribution in [0.25, 0.3) is 0 Å². The molecule has 0 nitrogen and oxygen atoms in total. The molecular weight excluding hydrogens is 167 g/mol. The van der Waals surface area contributed by atoms with Crippen molar-refractivity contribution in [2.24, 2.45) is 17.3 Å². The van der Waals surface area contributed by atoms with E-state index in [2.05, 4.69) is 7.85 Å². The molecule has 3 aliphatic rings. The average molecular weight is 190 g/mol. The van der Waals surface area contributed by atoms with Gasteiger partial charge in [0.1, 0.15) is 7.85 Å². The molecule has 78 valence electrons. The SMILES string of the molecule is BC1CCC23CCCC2CCCC3C1. The minimum absolute atomic E-state index is 0.866. The molecule has 0 saturated heterocycles. The minimum Gasteiger partial charge on any atom is -0.0694 e. The predicted molar refractivity (Wildman–Crippen MR) is 63.3 cm³/mol. The fraction of sp³-hybridized carbons (Fsp3) is 1.00. The lowest BCUT2D eigenvalue weighted by Crippen LogP contribution is -2.41. The van der Waals surface area contributed by atoms with Crippen LogP contribution in [-0.2, 0) is 0 Å². The smallest absolute Gasteiger partial charge is 0.0694 e. The van der Waals surface area contributed by atoms with Crippen LogP contribution in [0, 0.1) is 17.3 Å². The van der Waals surface area contributed by atoms with Crippen LogP contribution in [-0.4, -0.2) is 7.85 Å². The lowest BCUT2D eigenvalue weighted by atomic mass is 9.52. The summed E-state index contributed by atoms with van der Waals surface area (Å²) in [7, 11) is 2.48. The zero-order valence-electron chi connectivity index (χ0n) is 9.60. The Morgan fingerprint density at radius 3 is 2.57 bits per heavy atom. The van der Waals surface area contributed by atoms with E-state index in [1.54, 1.807) is 51.4 Å². The van der Waals surface area contributed by atoms with Gasteiger partial charge in [-0.1, -0.05) is 31.5 Å². The molecule has 0 bridgehead atoms. The summed E-state index contributed by atoms with van der Waals surface area (Å²) in [4.78, 5) is 0. The molecular formula is C13H23B. The lowest BCUT2D eigenvalue weighted by molar-refractivity contribution is 0.00874. The van der Waals surface area contributed by atoms with E-state index in [9.17, 15) is 0 Å². The standard InChI is InChI=1S/C13H23B/c14-12-6-8-13-7-2-5-10(13)3-1-4-11(13)9-12/h10-12H,1-9,14H2. The second-order valence-electron chi connectivity index (χ2n) is 6.33. The third-order valence-corrected chi connectivity index (χ3v) is 5.72. The molecule has 3 rings (SSSR count). The van der Waals surface area contributed by atoms with Crippen molar-refractivity contribution in [2.75, 3.05) is 0 Å². The van der Waals surface area contributed by atoms with Crippen molar-refractivity contribution in [1.29, 1.82) is 0 Å². The summed E-state index contributed by atoms with van der Waals surface area (Å²) in [5.74, 6) is 3.31. The van der Waals surface area contributed by atoms with E-state index < -0.39 is 0 Å². The van der Waals surface area contributed by atoms with Gasteiger partial charge in [0.05, 0.1) is 0 Å². The van der Waals surface area contributed by atoms with Crippen molar-refractivity contribution in [3.63, 3.8) is 0 Å². The molecule has 4 atom stereocenters. The van der Waals surface area contributed by atoms with Gasteiger partial charge in [0.2, 0.25) is 0 Å². The highest BCUT2D eigenvalue weighted by Gasteiger charge is 2.51. The van der Waals surface area contributed by atoms with Crippen LogP contribution < -0.4 is 0 Å². The van der Waals surface area contributed by atoms with Gasteiger partial charge < -0.3 is 0 Å². The Morgan fingerprint density at radius 1 is 0.857 bits per heavy atom. The summed E-state index contributed by atoms with van der Waals surface area (Å²) in [5.41, 5.74) is 0.866. The first kappa shape index (κ1) is 9.30. The molecule has 0 amide bonds. The van der Waals surface area contributed by atoms with E-state index in [1.807, 2.05) is 0 Å². The highest BCUT2D eigenvalue weighted by atomic mass is 14.6. The molecule has 0 aromatic heterocycles. The van der Waals surface area contributed by atoms with E-state index in [4.69, 9.17) is 0 Å². The lowest BCUT2D eigenvalue weighted by Gasteiger charge is -2.51. The first-order chi connectivity index (χ1) is 6.81. The molecule has 0 radical (unpaired) electrons. The van der Waals surface area contributed by atoms with Gasteiger partial charge in [-0.25, -0.2) is 0 Å². The third-order valence-electron chi connectivity index (χ3n) is 5.72. The normalized spacial score (nSPS) is 52.4. The molecule has 0 aromatic rings. The van der Waals surface area contributed by atoms with Gasteiger partial charge in [0, 0.05) is 0 Å². The molecule has 0 heterocycles. The van der Waals surface area contributed by atoms with Gasteiger partial charge in [0.15, 0.2) is 0 Å². The molecule has 3 fully saturated rings. The summed E-state index contributed by atoms with van der Waals surface area (Å²) in [6.07, 6.45) is 14.1. The first-order valence-electron chi connectivity index (χ1n) is 6.81. The summed E-state index contributed by atoms with van der Waals surface area (Å²) in [6, 6.07) is 0. The molecule has 0 aliphatic heterocycles. The second kappa shape index (κ2) is 3.28. The maximum atomic E-state index is 2.48. The van der Waals surface area contributed by atoms with Gasteiger partial charge >= 0.3 is 0 Å². The molecule has 1 heteroatoms. The Labute approximate surface area is 89.3 Å². The van der Waals surface area contributed by atoms with Gasteiger partial charge in [-0.2, -0.15) is 0 Å². The van der Waals surface area contributed by atoms with E-state index in [-0.39, 0.29) is 0 Å². The van der Waals surface area contributed by atoms with E-state index >= 15 is 0 Å². The highest BCUT2D eigenvalue weighted by Crippen LogP contribution is 2.62. The third kappa shape index (κ3) is 1.20. The van der Waals surface area contributed by atoms with Crippen LogP contribution in [0.4, 0.5) is 0 Å². The molecule has 1 spiro atoms. The monoisotopic (exact) mass is 190 g/mol. The summed E-state index contributed by atoms with van der Waals surface area (Å²) in [6.45, 7) is 0. The van der Waals surface area contributed by atoms with Gasteiger partial charge in [-0.05, 0) is 49.4 Å². The highest BCUT2D eigenvalue weighted by molar-refractivity contribution is 6.11. The summed E-state index contributed by atoms with van der Waals surface area (Å²) >= 11 is 0. The predicted octanol–water partition coefficient (Wildman–Crippen LogP) is 3.18. The Hall–Kier alpha value is 0.0649. The van der Waals surface area contributed by atoms with Crippen LogP contribution in [0.3, 0.4) is 0 Å². The van der Waals surface area contributed by atoms with Crippen molar-refractivity contribution < 1.29 is 0 Å². The maximum Gasteiger partial charge on any atom is 0.105 e. The van der Waals surface area contributed by atoms with Crippen molar-refractivity contribution in [2.45, 2.75) is 63.6 Å². The quantitative estimate of drug-likeness (QED) is 0.514. The minimum atomic E-state index is 0.866. The van der Waals surface area contributed by atoms with Gasteiger partial charge in [-0.15, -0.1) is 0 Å². The molecule has 3 aliphatic carbocycles. The Bertz CT molecular complexity index is 225. The zero-order valence-corrected chi connectivity index (χ0v) is 9.60. The topological polar surface area (TPSA) is 0 Å². The van der Waals surface area contributed by atoms with Gasteiger partial charge in [-0.3, -0.25) is 0 Å². The summed E-state index contributed by atoms with van der Waals surface area (Å²) < 4.78 is 0. The maximum absolute atomic E-state index is 2.48. The van der Waals surface area contributed by atoms with Crippen LogP contribution >= 0.6 is 0 Å². The molecule has 0 N–H and O–H groups in total. The molecule has 0 aromatic carbocycles. The largest absolute Gasteiger partial charge is 0.105 e. The summed E-state index contributed by atoms with van der Waals surface area (Å²) in [5, 5.41) is 0. The molecule has 4 unspecified atom stereocenters. The van der Waals surface area contributed by atoms with Crippen LogP contribution in [0.5, 0.6) is 0 Å². The second-order valence-corrected chi connectivity index (χ2v) is 6.33. The number of hydrogen-bond donors (Lipinski definition) is 0. The van der Waals surface area contributed by atoms with Crippen LogP contribution in [0.2, 0.25) is 5.82 Å². The van der Waals surface area contributed by atoms with E-state index in [0.717, 1.165) is 23.1 Å². The van der Waals surface area contributed by atoms with Crippen LogP contribution in [0.1, 0.15) is 57.8 Å².